The predicted molar refractivity (Wildman–Crippen MR) is 61.8 cm³/mol. The lowest BCUT2D eigenvalue weighted by Crippen LogP contribution is -2.47. The second kappa shape index (κ2) is 6.80. The maximum Gasteiger partial charge on any atom is 0.224 e. The third-order valence-electron chi connectivity index (χ3n) is 2.74. The SMILES string of the molecule is CCCNC(=O)C(C)CN1CCNCC1. The molecule has 1 unspecified atom stereocenters. The monoisotopic (exact) mass is 213 g/mol. The van der Waals surface area contributed by atoms with Crippen LogP contribution < -0.4 is 10.6 Å². The van der Waals surface area contributed by atoms with E-state index in [9.17, 15) is 4.79 Å². The Morgan fingerprint density at radius 2 is 2.13 bits per heavy atom. The zero-order chi connectivity index (χ0) is 11.1. The fourth-order valence-corrected chi connectivity index (χ4v) is 1.79. The van der Waals surface area contributed by atoms with E-state index in [1.54, 1.807) is 0 Å². The van der Waals surface area contributed by atoms with Crippen molar-refractivity contribution >= 4 is 5.91 Å². The zero-order valence-electron chi connectivity index (χ0n) is 9.88. The van der Waals surface area contributed by atoms with E-state index in [0.717, 1.165) is 45.7 Å². The maximum absolute atomic E-state index is 11.6. The van der Waals surface area contributed by atoms with Gasteiger partial charge in [-0.2, -0.15) is 0 Å². The quantitative estimate of drug-likeness (QED) is 0.678. The van der Waals surface area contributed by atoms with Crippen LogP contribution in [0.1, 0.15) is 20.3 Å². The number of piperazine rings is 1. The van der Waals surface area contributed by atoms with Crippen LogP contribution in [0.3, 0.4) is 0 Å². The Morgan fingerprint density at radius 3 is 2.73 bits per heavy atom. The highest BCUT2D eigenvalue weighted by Crippen LogP contribution is 2.01. The highest BCUT2D eigenvalue weighted by Gasteiger charge is 2.17. The van der Waals surface area contributed by atoms with Crippen molar-refractivity contribution in [2.45, 2.75) is 20.3 Å². The molecular weight excluding hydrogens is 190 g/mol. The second-order valence-electron chi connectivity index (χ2n) is 4.24. The van der Waals surface area contributed by atoms with Crippen LogP contribution in [-0.2, 0) is 4.79 Å². The summed E-state index contributed by atoms with van der Waals surface area (Å²) < 4.78 is 0. The molecule has 1 rings (SSSR count). The Morgan fingerprint density at radius 1 is 1.47 bits per heavy atom. The summed E-state index contributed by atoms with van der Waals surface area (Å²) in [6.07, 6.45) is 1.01. The Bertz CT molecular complexity index is 190. The number of hydrogen-bond acceptors (Lipinski definition) is 3. The van der Waals surface area contributed by atoms with Crippen molar-refractivity contribution in [1.82, 2.24) is 15.5 Å². The Labute approximate surface area is 92.4 Å². The van der Waals surface area contributed by atoms with Gasteiger partial charge < -0.3 is 15.5 Å². The van der Waals surface area contributed by atoms with Crippen LogP contribution in [-0.4, -0.2) is 50.1 Å². The second-order valence-corrected chi connectivity index (χ2v) is 4.24. The Balaban J connectivity index is 2.20. The molecule has 0 radical (unpaired) electrons. The molecular formula is C11H23N3O. The molecule has 1 amide bonds. The topological polar surface area (TPSA) is 44.4 Å². The number of hydrogen-bond donors (Lipinski definition) is 2. The minimum absolute atomic E-state index is 0.106. The molecule has 88 valence electrons. The molecule has 1 heterocycles. The normalized spacial score (nSPS) is 19.9. The van der Waals surface area contributed by atoms with Crippen LogP contribution in [0.2, 0.25) is 0 Å². The summed E-state index contributed by atoms with van der Waals surface area (Å²) in [7, 11) is 0. The van der Waals surface area contributed by atoms with Crippen molar-refractivity contribution in [2.24, 2.45) is 5.92 Å². The van der Waals surface area contributed by atoms with E-state index in [0.29, 0.717) is 0 Å². The summed E-state index contributed by atoms with van der Waals surface area (Å²) in [4.78, 5) is 14.0. The highest BCUT2D eigenvalue weighted by atomic mass is 16.1. The van der Waals surface area contributed by atoms with Gasteiger partial charge >= 0.3 is 0 Å². The molecule has 1 aliphatic heterocycles. The average molecular weight is 213 g/mol. The maximum atomic E-state index is 11.6. The fourth-order valence-electron chi connectivity index (χ4n) is 1.79. The minimum atomic E-state index is 0.106. The zero-order valence-corrected chi connectivity index (χ0v) is 9.88. The first-order valence-corrected chi connectivity index (χ1v) is 5.94. The smallest absolute Gasteiger partial charge is 0.224 e. The number of amides is 1. The van der Waals surface area contributed by atoms with Crippen molar-refractivity contribution in [3.63, 3.8) is 0 Å². The van der Waals surface area contributed by atoms with E-state index in [2.05, 4.69) is 22.5 Å². The molecule has 1 saturated heterocycles. The van der Waals surface area contributed by atoms with Gasteiger partial charge in [0.15, 0.2) is 0 Å². The fraction of sp³-hybridized carbons (Fsp3) is 0.909. The predicted octanol–water partition coefficient (Wildman–Crippen LogP) is 0.0539. The first-order chi connectivity index (χ1) is 7.24. The molecule has 0 aliphatic carbocycles. The number of carbonyl (C=O) groups is 1. The summed E-state index contributed by atoms with van der Waals surface area (Å²) in [5.41, 5.74) is 0. The first-order valence-electron chi connectivity index (χ1n) is 5.94. The molecule has 1 atom stereocenters. The molecule has 0 aromatic carbocycles. The summed E-state index contributed by atoms with van der Waals surface area (Å²) in [6, 6.07) is 0. The molecule has 0 spiro atoms. The number of carbonyl (C=O) groups excluding carboxylic acids is 1. The lowest BCUT2D eigenvalue weighted by molar-refractivity contribution is -0.125. The Kier molecular flexibility index (Phi) is 5.65. The Hall–Kier alpha value is -0.610. The van der Waals surface area contributed by atoms with E-state index >= 15 is 0 Å². The van der Waals surface area contributed by atoms with E-state index in [4.69, 9.17) is 0 Å². The molecule has 15 heavy (non-hydrogen) atoms. The highest BCUT2D eigenvalue weighted by molar-refractivity contribution is 5.78. The lowest BCUT2D eigenvalue weighted by atomic mass is 10.1. The van der Waals surface area contributed by atoms with Gasteiger partial charge in [-0.3, -0.25) is 4.79 Å². The van der Waals surface area contributed by atoms with Crippen molar-refractivity contribution in [2.75, 3.05) is 39.3 Å². The van der Waals surface area contributed by atoms with E-state index in [1.165, 1.54) is 0 Å². The third kappa shape index (κ3) is 4.62. The lowest BCUT2D eigenvalue weighted by Gasteiger charge is -2.29. The van der Waals surface area contributed by atoms with E-state index < -0.39 is 0 Å². The van der Waals surface area contributed by atoms with Gasteiger partial charge in [-0.1, -0.05) is 13.8 Å². The van der Waals surface area contributed by atoms with E-state index in [-0.39, 0.29) is 11.8 Å². The van der Waals surface area contributed by atoms with Gasteiger partial charge in [0, 0.05) is 45.2 Å². The van der Waals surface area contributed by atoms with Crippen LogP contribution in [0.4, 0.5) is 0 Å². The van der Waals surface area contributed by atoms with Crippen LogP contribution in [0.5, 0.6) is 0 Å². The molecule has 0 aromatic heterocycles. The summed E-state index contributed by atoms with van der Waals surface area (Å²) in [6.45, 7) is 9.97. The first kappa shape index (κ1) is 12.5. The molecule has 0 bridgehead atoms. The summed E-state index contributed by atoms with van der Waals surface area (Å²) in [5, 5.41) is 6.25. The van der Waals surface area contributed by atoms with Gasteiger partial charge in [0.05, 0.1) is 0 Å². The number of nitrogens with zero attached hydrogens (tertiary/aromatic N) is 1. The van der Waals surface area contributed by atoms with Crippen LogP contribution in [0.25, 0.3) is 0 Å². The molecule has 1 aliphatic rings. The standard InChI is InChI=1S/C11H23N3O/c1-3-4-13-11(15)10(2)9-14-7-5-12-6-8-14/h10,12H,3-9H2,1-2H3,(H,13,15). The average Bonchev–Trinajstić information content (AvgIpc) is 2.27. The van der Waals surface area contributed by atoms with Crippen LogP contribution >= 0.6 is 0 Å². The molecule has 4 heteroatoms. The largest absolute Gasteiger partial charge is 0.356 e. The van der Waals surface area contributed by atoms with Crippen molar-refractivity contribution in [3.05, 3.63) is 0 Å². The summed E-state index contributed by atoms with van der Waals surface area (Å²) in [5.74, 6) is 0.296. The molecule has 0 saturated carbocycles. The molecule has 2 N–H and O–H groups in total. The van der Waals surface area contributed by atoms with Crippen molar-refractivity contribution < 1.29 is 4.79 Å². The third-order valence-corrected chi connectivity index (χ3v) is 2.74. The van der Waals surface area contributed by atoms with Gasteiger partial charge in [0.2, 0.25) is 5.91 Å². The molecule has 0 aromatic rings. The van der Waals surface area contributed by atoms with Gasteiger partial charge in [0.25, 0.3) is 0 Å². The van der Waals surface area contributed by atoms with Gasteiger partial charge in [0.1, 0.15) is 0 Å². The number of rotatable bonds is 5. The van der Waals surface area contributed by atoms with Gasteiger partial charge in [-0.05, 0) is 6.42 Å². The molecule has 4 nitrogen and oxygen atoms in total. The minimum Gasteiger partial charge on any atom is -0.356 e. The van der Waals surface area contributed by atoms with E-state index in [1.807, 2.05) is 6.92 Å². The van der Waals surface area contributed by atoms with Gasteiger partial charge in [-0.15, -0.1) is 0 Å². The summed E-state index contributed by atoms with van der Waals surface area (Å²) >= 11 is 0. The molecule has 1 fully saturated rings. The van der Waals surface area contributed by atoms with Crippen LogP contribution in [0.15, 0.2) is 0 Å². The number of nitrogens with one attached hydrogen (secondary N) is 2. The van der Waals surface area contributed by atoms with Crippen molar-refractivity contribution in [1.29, 1.82) is 0 Å². The van der Waals surface area contributed by atoms with Crippen LogP contribution in [0, 0.1) is 5.92 Å². The van der Waals surface area contributed by atoms with Crippen molar-refractivity contribution in [3.8, 4) is 0 Å². The van der Waals surface area contributed by atoms with Gasteiger partial charge in [-0.25, -0.2) is 0 Å².